The molecule has 0 aliphatic carbocycles. The van der Waals surface area contributed by atoms with Gasteiger partial charge in [0.05, 0.1) is 0 Å². The molecule has 0 bridgehead atoms. The van der Waals surface area contributed by atoms with Crippen molar-refractivity contribution < 1.29 is 0 Å². The van der Waals surface area contributed by atoms with Crippen molar-refractivity contribution in [3.05, 3.63) is 47.5 Å². The van der Waals surface area contributed by atoms with E-state index < -0.39 is 0 Å². The zero-order valence-corrected chi connectivity index (χ0v) is 14.3. The van der Waals surface area contributed by atoms with E-state index in [0.717, 1.165) is 10.3 Å². The van der Waals surface area contributed by atoms with E-state index in [0.29, 0.717) is 5.92 Å². The van der Waals surface area contributed by atoms with E-state index in [2.05, 4.69) is 79.8 Å². The second-order valence-corrected chi connectivity index (χ2v) is 6.31. The van der Waals surface area contributed by atoms with E-state index in [-0.39, 0.29) is 0 Å². The predicted octanol–water partition coefficient (Wildman–Crippen LogP) is 6.31. The van der Waals surface area contributed by atoms with Crippen molar-refractivity contribution in [1.82, 2.24) is 0 Å². The lowest BCUT2D eigenvalue weighted by Crippen LogP contribution is -2.06. The van der Waals surface area contributed by atoms with Crippen LogP contribution < -0.4 is 0 Å². The molecule has 2 rings (SSSR count). The largest absolute Gasteiger partial charge is 0.0812 e. The van der Waals surface area contributed by atoms with Crippen LogP contribution in [0.5, 0.6) is 0 Å². The topological polar surface area (TPSA) is 0 Å². The summed E-state index contributed by atoms with van der Waals surface area (Å²) in [6.07, 6.45) is 2.58. The molecule has 0 heterocycles. The van der Waals surface area contributed by atoms with Crippen LogP contribution in [0.4, 0.5) is 0 Å². The first-order valence-electron chi connectivity index (χ1n) is 7.25. The molecule has 102 valence electrons. The van der Waals surface area contributed by atoms with Crippen molar-refractivity contribution in [3.63, 3.8) is 0 Å². The second-order valence-electron chi connectivity index (χ2n) is 5.55. The van der Waals surface area contributed by atoms with Crippen LogP contribution in [0.3, 0.4) is 0 Å². The molecule has 1 heteroatoms. The average molecular weight is 366 g/mol. The molecule has 0 N–H and O–H groups in total. The molecule has 0 aliphatic heterocycles. The van der Waals surface area contributed by atoms with Crippen LogP contribution in [0.2, 0.25) is 0 Å². The SMILES string of the molecule is CCCC(C)C(C)c1cccc2c(CI)cccc12. The van der Waals surface area contributed by atoms with Gasteiger partial charge < -0.3 is 0 Å². The molecule has 0 saturated heterocycles. The first kappa shape index (κ1) is 14.8. The fourth-order valence-electron chi connectivity index (χ4n) is 2.92. The van der Waals surface area contributed by atoms with Gasteiger partial charge in [-0.1, -0.05) is 92.6 Å². The summed E-state index contributed by atoms with van der Waals surface area (Å²) in [6.45, 7) is 7.04. The maximum atomic E-state index is 2.46. The Hall–Kier alpha value is -0.570. The van der Waals surface area contributed by atoms with Gasteiger partial charge in [-0.2, -0.15) is 0 Å². The van der Waals surface area contributed by atoms with E-state index in [1.807, 2.05) is 0 Å². The molecule has 0 spiro atoms. The summed E-state index contributed by atoms with van der Waals surface area (Å²) >= 11 is 2.46. The maximum Gasteiger partial charge on any atom is 0.0253 e. The Morgan fingerprint density at radius 1 is 1.00 bits per heavy atom. The molecule has 2 unspecified atom stereocenters. The van der Waals surface area contributed by atoms with Gasteiger partial charge in [0, 0.05) is 4.43 Å². The Morgan fingerprint density at radius 3 is 2.37 bits per heavy atom. The Morgan fingerprint density at radius 2 is 1.68 bits per heavy atom. The number of fused-ring (bicyclic) bond motifs is 1. The number of hydrogen-bond donors (Lipinski definition) is 0. The summed E-state index contributed by atoms with van der Waals surface area (Å²) in [7, 11) is 0. The molecule has 0 amide bonds. The molecule has 0 aromatic heterocycles. The Labute approximate surface area is 130 Å². The van der Waals surface area contributed by atoms with Gasteiger partial charge in [0.25, 0.3) is 0 Å². The van der Waals surface area contributed by atoms with Crippen LogP contribution in [-0.4, -0.2) is 0 Å². The average Bonchev–Trinajstić information content (AvgIpc) is 2.45. The molecule has 19 heavy (non-hydrogen) atoms. The molecule has 0 saturated carbocycles. The van der Waals surface area contributed by atoms with Crippen molar-refractivity contribution in [1.29, 1.82) is 0 Å². The van der Waals surface area contributed by atoms with Gasteiger partial charge in [-0.3, -0.25) is 0 Å². The summed E-state index contributed by atoms with van der Waals surface area (Å²) < 4.78 is 1.08. The number of halogens is 1. The lowest BCUT2D eigenvalue weighted by atomic mass is 9.83. The standard InChI is InChI=1S/C18H23I/c1-4-7-13(2)14(3)16-9-6-10-17-15(12-19)8-5-11-18(16)17/h5-6,8-11,13-14H,4,7,12H2,1-3H3. The number of rotatable bonds is 5. The lowest BCUT2D eigenvalue weighted by Gasteiger charge is -2.22. The Balaban J connectivity index is 2.49. The van der Waals surface area contributed by atoms with Gasteiger partial charge in [-0.05, 0) is 33.7 Å². The molecule has 0 aliphatic rings. The van der Waals surface area contributed by atoms with E-state index in [1.54, 1.807) is 0 Å². The van der Waals surface area contributed by atoms with Crippen molar-refractivity contribution in [2.45, 2.75) is 44.0 Å². The lowest BCUT2D eigenvalue weighted by molar-refractivity contribution is 0.450. The van der Waals surface area contributed by atoms with Crippen LogP contribution in [0.1, 0.15) is 50.7 Å². The number of hydrogen-bond acceptors (Lipinski definition) is 0. The molecule has 0 fully saturated rings. The highest BCUT2D eigenvalue weighted by molar-refractivity contribution is 14.1. The van der Waals surface area contributed by atoms with E-state index in [9.17, 15) is 0 Å². The highest BCUT2D eigenvalue weighted by atomic mass is 127. The first-order valence-corrected chi connectivity index (χ1v) is 8.78. The third kappa shape index (κ3) is 3.13. The normalized spacial score (nSPS) is 14.5. The fourth-order valence-corrected chi connectivity index (χ4v) is 3.59. The van der Waals surface area contributed by atoms with Gasteiger partial charge in [0.2, 0.25) is 0 Å². The monoisotopic (exact) mass is 366 g/mol. The third-order valence-electron chi connectivity index (χ3n) is 4.28. The van der Waals surface area contributed by atoms with Crippen LogP contribution in [0.25, 0.3) is 10.8 Å². The molecule has 2 aromatic carbocycles. The predicted molar refractivity (Wildman–Crippen MR) is 94.2 cm³/mol. The van der Waals surface area contributed by atoms with Crippen LogP contribution in [-0.2, 0) is 4.43 Å². The summed E-state index contributed by atoms with van der Waals surface area (Å²) in [5.41, 5.74) is 2.97. The third-order valence-corrected chi connectivity index (χ3v) is 5.10. The number of alkyl halides is 1. The van der Waals surface area contributed by atoms with Crippen LogP contribution >= 0.6 is 22.6 Å². The van der Waals surface area contributed by atoms with Crippen LogP contribution in [0.15, 0.2) is 36.4 Å². The van der Waals surface area contributed by atoms with E-state index in [4.69, 9.17) is 0 Å². The van der Waals surface area contributed by atoms with Crippen LogP contribution in [0, 0.1) is 5.92 Å². The molecule has 2 aromatic rings. The smallest absolute Gasteiger partial charge is 0.0253 e. The molecular weight excluding hydrogens is 343 g/mol. The van der Waals surface area contributed by atoms with Crippen molar-refractivity contribution >= 4 is 33.4 Å². The summed E-state index contributed by atoms with van der Waals surface area (Å²) in [5.74, 6) is 1.38. The molecule has 0 nitrogen and oxygen atoms in total. The quantitative estimate of drug-likeness (QED) is 0.429. The van der Waals surface area contributed by atoms with Gasteiger partial charge in [0.15, 0.2) is 0 Å². The maximum absolute atomic E-state index is 2.46. The molecule has 0 radical (unpaired) electrons. The number of benzene rings is 2. The van der Waals surface area contributed by atoms with Gasteiger partial charge in [0.1, 0.15) is 0 Å². The summed E-state index contributed by atoms with van der Waals surface area (Å²) in [4.78, 5) is 0. The zero-order valence-electron chi connectivity index (χ0n) is 12.1. The van der Waals surface area contributed by atoms with E-state index >= 15 is 0 Å². The molecule has 2 atom stereocenters. The highest BCUT2D eigenvalue weighted by Gasteiger charge is 2.16. The van der Waals surface area contributed by atoms with Gasteiger partial charge in [-0.25, -0.2) is 0 Å². The highest BCUT2D eigenvalue weighted by Crippen LogP contribution is 2.34. The van der Waals surface area contributed by atoms with Crippen molar-refractivity contribution in [2.24, 2.45) is 5.92 Å². The first-order chi connectivity index (χ1) is 9.19. The Bertz CT molecular complexity index is 544. The molecular formula is C18H23I. The van der Waals surface area contributed by atoms with Gasteiger partial charge >= 0.3 is 0 Å². The van der Waals surface area contributed by atoms with Crippen molar-refractivity contribution in [2.75, 3.05) is 0 Å². The fraction of sp³-hybridized carbons (Fsp3) is 0.444. The minimum atomic E-state index is 0.633. The Kier molecular flexibility index (Phi) is 5.26. The minimum Gasteiger partial charge on any atom is -0.0812 e. The second kappa shape index (κ2) is 6.74. The van der Waals surface area contributed by atoms with E-state index in [1.165, 1.54) is 34.7 Å². The summed E-state index contributed by atoms with van der Waals surface area (Å²) in [6, 6.07) is 13.5. The van der Waals surface area contributed by atoms with Gasteiger partial charge in [-0.15, -0.1) is 0 Å². The zero-order chi connectivity index (χ0) is 13.8. The summed E-state index contributed by atoms with van der Waals surface area (Å²) in [5, 5.41) is 2.89. The van der Waals surface area contributed by atoms with Crippen molar-refractivity contribution in [3.8, 4) is 0 Å². The minimum absolute atomic E-state index is 0.633.